The van der Waals surface area contributed by atoms with Crippen LogP contribution in [0.25, 0.3) is 11.6 Å². The number of rotatable bonds is 0. The third-order valence-corrected chi connectivity index (χ3v) is 5.08. The summed E-state index contributed by atoms with van der Waals surface area (Å²) >= 11 is 5.50. The molecule has 0 spiro atoms. The minimum absolute atomic E-state index is 0.511. The topological polar surface area (TPSA) is 0 Å². The number of hydrogen-bond acceptors (Lipinski definition) is 1. The summed E-state index contributed by atoms with van der Waals surface area (Å²) in [6.07, 6.45) is 2.38. The summed E-state index contributed by atoms with van der Waals surface area (Å²) in [5, 5.41) is 3.27. The van der Waals surface area contributed by atoms with Gasteiger partial charge in [-0.3, -0.25) is 0 Å². The van der Waals surface area contributed by atoms with Crippen LogP contribution in [0, 0.1) is 0 Å². The van der Waals surface area contributed by atoms with Crippen molar-refractivity contribution in [2.45, 2.75) is 10.1 Å². The van der Waals surface area contributed by atoms with Gasteiger partial charge in [0.2, 0.25) is 0 Å². The summed E-state index contributed by atoms with van der Waals surface area (Å²) in [5.74, 6) is 0. The van der Waals surface area contributed by atoms with Gasteiger partial charge >= 0.3 is 0 Å². The normalized spacial score (nSPS) is 19.6. The highest BCUT2D eigenvalue weighted by atomic mass is 79.9. The molecule has 0 bridgehead atoms. The molecule has 2 aliphatic rings. The van der Waals surface area contributed by atoms with Crippen molar-refractivity contribution < 1.29 is 0 Å². The quantitative estimate of drug-likeness (QED) is 0.721. The molecule has 4 rings (SSSR count). The van der Waals surface area contributed by atoms with E-state index in [-0.39, 0.29) is 0 Å². The molecule has 1 aliphatic carbocycles. The second-order valence-electron chi connectivity index (χ2n) is 4.35. The first kappa shape index (κ1) is 9.98. The Bertz CT molecular complexity index is 746. The van der Waals surface area contributed by atoms with E-state index >= 15 is 0 Å². The SMILES string of the molecule is Brc1ccc2c(c1)=CC1Sc3ccccc3C=21. The molecule has 0 aromatic heterocycles. The highest BCUT2D eigenvalue weighted by molar-refractivity contribution is 9.10. The van der Waals surface area contributed by atoms with Crippen LogP contribution >= 0.6 is 27.7 Å². The van der Waals surface area contributed by atoms with Crippen LogP contribution in [0.2, 0.25) is 0 Å². The molecular formula is C15H9BrS. The number of fused-ring (bicyclic) bond motifs is 4. The van der Waals surface area contributed by atoms with Crippen molar-refractivity contribution in [3.05, 3.63) is 62.9 Å². The summed E-state index contributed by atoms with van der Waals surface area (Å²) in [5.41, 5.74) is 2.91. The number of halogens is 1. The van der Waals surface area contributed by atoms with Crippen LogP contribution in [0.5, 0.6) is 0 Å². The van der Waals surface area contributed by atoms with Gasteiger partial charge in [0.25, 0.3) is 0 Å². The Balaban J connectivity index is 2.12. The zero-order valence-corrected chi connectivity index (χ0v) is 11.4. The fourth-order valence-corrected chi connectivity index (χ4v) is 4.34. The van der Waals surface area contributed by atoms with E-state index in [1.807, 2.05) is 11.8 Å². The Kier molecular flexibility index (Phi) is 2.06. The Hall–Kier alpha value is -0.990. The molecule has 2 aromatic rings. The molecule has 17 heavy (non-hydrogen) atoms. The lowest BCUT2D eigenvalue weighted by Crippen LogP contribution is -2.22. The summed E-state index contributed by atoms with van der Waals surface area (Å²) < 4.78 is 1.16. The summed E-state index contributed by atoms with van der Waals surface area (Å²) in [7, 11) is 0. The highest BCUT2D eigenvalue weighted by Crippen LogP contribution is 2.44. The van der Waals surface area contributed by atoms with Gasteiger partial charge in [0.15, 0.2) is 0 Å². The second-order valence-corrected chi connectivity index (χ2v) is 6.45. The molecule has 0 saturated carbocycles. The highest BCUT2D eigenvalue weighted by Gasteiger charge is 2.29. The maximum absolute atomic E-state index is 3.54. The van der Waals surface area contributed by atoms with Crippen molar-refractivity contribution >= 4 is 39.3 Å². The lowest BCUT2D eigenvalue weighted by Gasteiger charge is -2.00. The van der Waals surface area contributed by atoms with Crippen LogP contribution in [-0.4, -0.2) is 5.25 Å². The van der Waals surface area contributed by atoms with Crippen molar-refractivity contribution in [3.8, 4) is 0 Å². The fraction of sp³-hybridized carbons (Fsp3) is 0.0667. The van der Waals surface area contributed by atoms with Gasteiger partial charge in [0.05, 0.1) is 5.25 Å². The first-order valence-electron chi connectivity index (χ1n) is 5.60. The van der Waals surface area contributed by atoms with E-state index in [0.29, 0.717) is 5.25 Å². The van der Waals surface area contributed by atoms with Crippen LogP contribution in [0.3, 0.4) is 0 Å². The van der Waals surface area contributed by atoms with Gasteiger partial charge in [0, 0.05) is 9.37 Å². The van der Waals surface area contributed by atoms with E-state index in [4.69, 9.17) is 0 Å². The minimum atomic E-state index is 0.511. The third kappa shape index (κ3) is 1.37. The molecule has 0 nitrogen and oxygen atoms in total. The average Bonchev–Trinajstić information content (AvgIpc) is 2.83. The van der Waals surface area contributed by atoms with Gasteiger partial charge in [-0.1, -0.05) is 46.3 Å². The van der Waals surface area contributed by atoms with Gasteiger partial charge < -0.3 is 0 Å². The van der Waals surface area contributed by atoms with E-state index in [0.717, 1.165) is 4.47 Å². The predicted octanol–water partition coefficient (Wildman–Crippen LogP) is 2.92. The predicted molar refractivity (Wildman–Crippen MR) is 76.5 cm³/mol. The number of hydrogen-bond donors (Lipinski definition) is 0. The van der Waals surface area contributed by atoms with E-state index in [9.17, 15) is 0 Å². The van der Waals surface area contributed by atoms with Gasteiger partial charge in [-0.15, -0.1) is 11.8 Å². The van der Waals surface area contributed by atoms with E-state index in [1.54, 1.807) is 0 Å². The summed E-state index contributed by atoms with van der Waals surface area (Å²) in [4.78, 5) is 1.41. The Labute approximate surface area is 112 Å². The molecule has 2 heteroatoms. The smallest absolute Gasteiger partial charge is 0.0546 e. The molecule has 0 radical (unpaired) electrons. The monoisotopic (exact) mass is 300 g/mol. The standard InChI is InChI=1S/C15H9BrS/c16-10-5-6-11-9(7-10)8-14-15(11)12-3-1-2-4-13(12)17-14/h1-8,14H. The van der Waals surface area contributed by atoms with Crippen LogP contribution in [0.1, 0.15) is 5.56 Å². The number of benzene rings is 2. The zero-order chi connectivity index (χ0) is 11.4. The van der Waals surface area contributed by atoms with E-state index < -0.39 is 0 Å². The van der Waals surface area contributed by atoms with Gasteiger partial charge in [-0.05, 0) is 39.8 Å². The number of thioether (sulfide) groups is 1. The molecule has 2 aromatic carbocycles. The maximum atomic E-state index is 3.54. The van der Waals surface area contributed by atoms with Gasteiger partial charge in [-0.25, -0.2) is 0 Å². The Morgan fingerprint density at radius 3 is 2.88 bits per heavy atom. The molecule has 0 amide bonds. The Morgan fingerprint density at radius 1 is 1.06 bits per heavy atom. The first-order valence-corrected chi connectivity index (χ1v) is 7.28. The van der Waals surface area contributed by atoms with Gasteiger partial charge in [0.1, 0.15) is 0 Å². The van der Waals surface area contributed by atoms with Crippen molar-refractivity contribution in [3.63, 3.8) is 0 Å². The maximum Gasteiger partial charge on any atom is 0.0546 e. The fourth-order valence-electron chi connectivity index (χ4n) is 2.64. The van der Waals surface area contributed by atoms with Crippen LogP contribution in [0.15, 0.2) is 51.8 Å². The second kappa shape index (κ2) is 3.50. The van der Waals surface area contributed by atoms with Crippen molar-refractivity contribution in [1.29, 1.82) is 0 Å². The summed E-state index contributed by atoms with van der Waals surface area (Å²) in [6, 6.07) is 15.3. The minimum Gasteiger partial charge on any atom is -0.113 e. The molecule has 1 atom stereocenters. The largest absolute Gasteiger partial charge is 0.113 e. The average molecular weight is 301 g/mol. The molecule has 1 heterocycles. The van der Waals surface area contributed by atoms with Gasteiger partial charge in [-0.2, -0.15) is 0 Å². The lowest BCUT2D eigenvalue weighted by atomic mass is 10.0. The molecule has 0 fully saturated rings. The molecular weight excluding hydrogens is 292 g/mol. The first-order chi connectivity index (χ1) is 8.33. The van der Waals surface area contributed by atoms with E-state index in [2.05, 4.69) is 64.5 Å². The molecule has 82 valence electrons. The molecule has 1 aliphatic heterocycles. The van der Waals surface area contributed by atoms with Crippen molar-refractivity contribution in [2.75, 3.05) is 0 Å². The van der Waals surface area contributed by atoms with Crippen LogP contribution in [-0.2, 0) is 0 Å². The van der Waals surface area contributed by atoms with Crippen molar-refractivity contribution in [1.82, 2.24) is 0 Å². The van der Waals surface area contributed by atoms with Crippen LogP contribution in [0.4, 0.5) is 0 Å². The van der Waals surface area contributed by atoms with Crippen molar-refractivity contribution in [2.24, 2.45) is 0 Å². The van der Waals surface area contributed by atoms with E-state index in [1.165, 1.54) is 26.5 Å². The lowest BCUT2D eigenvalue weighted by molar-refractivity contribution is 1.40. The Morgan fingerprint density at radius 2 is 1.94 bits per heavy atom. The zero-order valence-electron chi connectivity index (χ0n) is 8.98. The molecule has 0 N–H and O–H groups in total. The van der Waals surface area contributed by atoms with Crippen LogP contribution < -0.4 is 10.4 Å². The summed E-state index contributed by atoms with van der Waals surface area (Å²) in [6.45, 7) is 0. The molecule has 1 unspecified atom stereocenters. The molecule has 0 saturated heterocycles. The third-order valence-electron chi connectivity index (χ3n) is 3.35.